The van der Waals surface area contributed by atoms with Crippen molar-refractivity contribution in [3.8, 4) is 0 Å². The Bertz CT molecular complexity index is 1140. The molecule has 0 atom stereocenters. The van der Waals surface area contributed by atoms with Crippen LogP contribution in [0.3, 0.4) is 0 Å². The van der Waals surface area contributed by atoms with Crippen molar-refractivity contribution in [2.45, 2.75) is 9.79 Å². The van der Waals surface area contributed by atoms with Gasteiger partial charge in [-0.25, -0.2) is 25.9 Å². The molecule has 1 amide bonds. The fourth-order valence-electron chi connectivity index (χ4n) is 3.21. The molecular formula is C20H24FN3O6S2. The normalized spacial score (nSPS) is 15.6. The van der Waals surface area contributed by atoms with Crippen LogP contribution in [0.5, 0.6) is 0 Å². The van der Waals surface area contributed by atoms with Crippen molar-refractivity contribution in [3.63, 3.8) is 0 Å². The third kappa shape index (κ3) is 5.51. The monoisotopic (exact) mass is 485 g/mol. The number of carbonyl (C=O) groups excluding carboxylic acids is 1. The van der Waals surface area contributed by atoms with E-state index in [-0.39, 0.29) is 55.0 Å². The molecule has 0 unspecified atom stereocenters. The summed E-state index contributed by atoms with van der Waals surface area (Å²) in [6.45, 7) is 0.918. The van der Waals surface area contributed by atoms with E-state index in [1.165, 1.54) is 52.7 Å². The number of nitrogens with zero attached hydrogens (tertiary/aromatic N) is 2. The number of sulfonamides is 2. The number of ether oxygens (including phenoxy) is 1. The zero-order valence-electron chi connectivity index (χ0n) is 17.4. The lowest BCUT2D eigenvalue weighted by atomic mass is 10.2. The van der Waals surface area contributed by atoms with Gasteiger partial charge >= 0.3 is 0 Å². The summed E-state index contributed by atoms with van der Waals surface area (Å²) >= 11 is 0. The van der Waals surface area contributed by atoms with Gasteiger partial charge in [0, 0.05) is 45.4 Å². The number of benzene rings is 2. The predicted molar refractivity (Wildman–Crippen MR) is 115 cm³/mol. The molecule has 174 valence electrons. The second-order valence-electron chi connectivity index (χ2n) is 7.07. The zero-order valence-corrected chi connectivity index (χ0v) is 19.0. The lowest BCUT2D eigenvalue weighted by Gasteiger charge is -2.34. The Balaban J connectivity index is 1.62. The van der Waals surface area contributed by atoms with E-state index in [1.54, 1.807) is 0 Å². The highest BCUT2D eigenvalue weighted by Gasteiger charge is 2.30. The molecule has 12 heteroatoms. The number of nitrogens with one attached hydrogen (secondary N) is 1. The summed E-state index contributed by atoms with van der Waals surface area (Å²) in [5.41, 5.74) is 0.302. The van der Waals surface area contributed by atoms with E-state index in [1.807, 2.05) is 0 Å². The Labute approximate surface area is 186 Å². The van der Waals surface area contributed by atoms with Crippen LogP contribution in [0, 0.1) is 5.82 Å². The number of carbonyl (C=O) groups is 1. The first kappa shape index (κ1) is 24.3. The minimum atomic E-state index is -3.78. The van der Waals surface area contributed by atoms with E-state index in [4.69, 9.17) is 4.74 Å². The highest BCUT2D eigenvalue weighted by atomic mass is 32.2. The first-order chi connectivity index (χ1) is 15.1. The number of amides is 1. The van der Waals surface area contributed by atoms with Gasteiger partial charge in [-0.15, -0.1) is 0 Å². The summed E-state index contributed by atoms with van der Waals surface area (Å²) in [4.78, 5) is 14.3. The summed E-state index contributed by atoms with van der Waals surface area (Å²) in [5.74, 6) is -0.843. The van der Waals surface area contributed by atoms with Gasteiger partial charge in [0.25, 0.3) is 5.91 Å². The highest BCUT2D eigenvalue weighted by molar-refractivity contribution is 7.89. The Morgan fingerprint density at radius 3 is 2.06 bits per heavy atom. The van der Waals surface area contributed by atoms with E-state index in [2.05, 4.69) is 4.72 Å². The number of halogens is 1. The first-order valence-corrected chi connectivity index (χ1v) is 12.7. The minimum Gasteiger partial charge on any atom is -0.383 e. The molecule has 0 spiro atoms. The number of piperazine rings is 1. The highest BCUT2D eigenvalue weighted by Crippen LogP contribution is 2.19. The van der Waals surface area contributed by atoms with Crippen molar-refractivity contribution in [2.24, 2.45) is 0 Å². The van der Waals surface area contributed by atoms with Crippen LogP contribution in [0.4, 0.5) is 4.39 Å². The third-order valence-electron chi connectivity index (χ3n) is 4.99. The van der Waals surface area contributed by atoms with E-state index >= 15 is 0 Å². The quantitative estimate of drug-likeness (QED) is 0.556. The summed E-state index contributed by atoms with van der Waals surface area (Å²) in [5, 5.41) is 0. The van der Waals surface area contributed by atoms with Gasteiger partial charge in [0.05, 0.1) is 16.4 Å². The molecule has 2 aromatic rings. The Hall–Kier alpha value is -2.38. The predicted octanol–water partition coefficient (Wildman–Crippen LogP) is 0.897. The smallest absolute Gasteiger partial charge is 0.253 e. The van der Waals surface area contributed by atoms with Crippen LogP contribution in [0.1, 0.15) is 10.4 Å². The molecular weight excluding hydrogens is 461 g/mol. The van der Waals surface area contributed by atoms with Gasteiger partial charge in [0.15, 0.2) is 0 Å². The second-order valence-corrected chi connectivity index (χ2v) is 10.8. The second kappa shape index (κ2) is 10.0. The number of hydrogen-bond donors (Lipinski definition) is 1. The third-order valence-corrected chi connectivity index (χ3v) is 8.38. The fourth-order valence-corrected chi connectivity index (χ4v) is 5.64. The Morgan fingerprint density at radius 1 is 0.938 bits per heavy atom. The summed E-state index contributed by atoms with van der Waals surface area (Å²) in [6, 6.07) is 10.1. The van der Waals surface area contributed by atoms with Crippen molar-refractivity contribution in [3.05, 3.63) is 59.9 Å². The molecule has 1 aliphatic heterocycles. The molecule has 2 aromatic carbocycles. The van der Waals surface area contributed by atoms with Gasteiger partial charge in [-0.05, 0) is 48.5 Å². The maximum atomic E-state index is 13.1. The fraction of sp³-hybridized carbons (Fsp3) is 0.350. The van der Waals surface area contributed by atoms with Crippen LogP contribution < -0.4 is 4.72 Å². The summed E-state index contributed by atoms with van der Waals surface area (Å²) in [7, 11) is -6.02. The molecule has 0 bridgehead atoms. The average molecular weight is 486 g/mol. The van der Waals surface area contributed by atoms with Gasteiger partial charge in [-0.2, -0.15) is 4.31 Å². The van der Waals surface area contributed by atoms with Crippen LogP contribution in [0.2, 0.25) is 0 Å². The van der Waals surface area contributed by atoms with Gasteiger partial charge in [-0.1, -0.05) is 0 Å². The van der Waals surface area contributed by atoms with E-state index in [9.17, 15) is 26.0 Å². The van der Waals surface area contributed by atoms with Crippen molar-refractivity contribution in [1.29, 1.82) is 0 Å². The molecule has 1 aliphatic rings. The van der Waals surface area contributed by atoms with Gasteiger partial charge < -0.3 is 9.64 Å². The Kier molecular flexibility index (Phi) is 7.62. The van der Waals surface area contributed by atoms with Gasteiger partial charge in [0.1, 0.15) is 5.82 Å². The topological polar surface area (TPSA) is 113 Å². The van der Waals surface area contributed by atoms with Crippen molar-refractivity contribution in [1.82, 2.24) is 13.9 Å². The van der Waals surface area contributed by atoms with Gasteiger partial charge in [0.2, 0.25) is 20.0 Å². The van der Waals surface area contributed by atoms with Gasteiger partial charge in [-0.3, -0.25) is 4.79 Å². The zero-order chi connectivity index (χ0) is 23.4. The first-order valence-electron chi connectivity index (χ1n) is 9.79. The molecule has 32 heavy (non-hydrogen) atoms. The molecule has 0 aliphatic carbocycles. The van der Waals surface area contributed by atoms with Crippen molar-refractivity contribution < 1.29 is 30.8 Å². The maximum Gasteiger partial charge on any atom is 0.253 e. The molecule has 0 radical (unpaired) electrons. The van der Waals surface area contributed by atoms with E-state index in [0.717, 1.165) is 12.1 Å². The maximum absolute atomic E-state index is 13.1. The SMILES string of the molecule is COCCNS(=O)(=O)c1ccc(C(=O)N2CCN(S(=O)(=O)c3ccc(F)cc3)CC2)cc1. The molecule has 9 nitrogen and oxygen atoms in total. The van der Waals surface area contributed by atoms with E-state index < -0.39 is 25.9 Å². The lowest BCUT2D eigenvalue weighted by molar-refractivity contribution is 0.0698. The summed E-state index contributed by atoms with van der Waals surface area (Å²) < 4.78 is 71.4. The molecule has 0 aromatic heterocycles. The standard InChI is InChI=1S/C20H24FN3O6S2/c1-30-15-10-22-31(26,27)18-6-2-16(3-7-18)20(25)23-11-13-24(14-12-23)32(28,29)19-8-4-17(21)5-9-19/h2-9,22H,10-15H2,1H3. The van der Waals surface area contributed by atoms with Crippen molar-refractivity contribution >= 4 is 26.0 Å². The largest absolute Gasteiger partial charge is 0.383 e. The molecule has 1 heterocycles. The van der Waals surface area contributed by atoms with Crippen LogP contribution in [-0.2, 0) is 24.8 Å². The van der Waals surface area contributed by atoms with Crippen LogP contribution in [0.15, 0.2) is 58.3 Å². The molecule has 1 N–H and O–H groups in total. The number of rotatable bonds is 8. The van der Waals surface area contributed by atoms with Crippen LogP contribution >= 0.6 is 0 Å². The number of hydrogen-bond acceptors (Lipinski definition) is 6. The van der Waals surface area contributed by atoms with Crippen LogP contribution in [-0.4, -0.2) is 78.4 Å². The molecule has 3 rings (SSSR count). The van der Waals surface area contributed by atoms with Crippen molar-refractivity contribution in [2.75, 3.05) is 46.4 Å². The average Bonchev–Trinajstić information content (AvgIpc) is 2.79. The van der Waals surface area contributed by atoms with E-state index in [0.29, 0.717) is 5.56 Å². The minimum absolute atomic E-state index is 0.00502. The van der Waals surface area contributed by atoms with Crippen LogP contribution in [0.25, 0.3) is 0 Å². The number of methoxy groups -OCH3 is 1. The summed E-state index contributed by atoms with van der Waals surface area (Å²) in [6.07, 6.45) is 0. The molecule has 1 fully saturated rings. The molecule has 0 saturated carbocycles. The molecule has 1 saturated heterocycles. The lowest BCUT2D eigenvalue weighted by Crippen LogP contribution is -2.50. The Morgan fingerprint density at radius 2 is 1.50 bits per heavy atom.